The largest absolute Gasteiger partial charge is 0.524 e. The Bertz CT molecular complexity index is 91.1. The lowest BCUT2D eigenvalue weighted by molar-refractivity contribution is -1.16. The summed E-state index contributed by atoms with van der Waals surface area (Å²) in [4.78, 5) is 24.4. The van der Waals surface area contributed by atoms with Gasteiger partial charge in [0, 0.05) is 0 Å². The molecule has 0 amide bonds. The molecule has 0 bridgehead atoms. The zero-order valence-electron chi connectivity index (χ0n) is 3.42. The second-order valence-corrected chi connectivity index (χ2v) is 0.625. The van der Waals surface area contributed by atoms with Crippen molar-refractivity contribution < 1.29 is 30.6 Å². The highest BCUT2D eigenvalue weighted by molar-refractivity contribution is 3.59. The van der Waals surface area contributed by atoms with Crippen LogP contribution in [0.15, 0.2) is 0 Å². The van der Waals surface area contributed by atoms with Crippen molar-refractivity contribution in [3.05, 3.63) is 9.81 Å². The quantitative estimate of drug-likeness (QED) is 0.375. The number of rotatable bonds is 3. The monoisotopic (exact) mass is 126 g/mol. The van der Waals surface area contributed by atoms with Crippen molar-refractivity contribution in [1.29, 1.82) is 0 Å². The minimum atomic E-state index is -1.15. The lowest BCUT2D eigenvalue weighted by atomic mass is 13.0. The molecule has 0 fully saturated rings. The molecule has 0 unspecified atom stereocenters. The Morgan fingerprint density at radius 3 is 1.38 bits per heavy atom. The zero-order chi connectivity index (χ0) is 6.57. The van der Waals surface area contributed by atoms with E-state index in [1.54, 1.807) is 0 Å². The molecule has 0 rings (SSSR count). The van der Waals surface area contributed by atoms with Crippen molar-refractivity contribution in [2.24, 2.45) is 0 Å². The summed E-state index contributed by atoms with van der Waals surface area (Å²) in [6.45, 7) is 0. The molecule has 0 saturated heterocycles. The predicted octanol–water partition coefficient (Wildman–Crippen LogP) is -0.899. The summed E-state index contributed by atoms with van der Waals surface area (Å²) in [6.07, 6.45) is 0. The summed E-state index contributed by atoms with van der Waals surface area (Å²) in [5.41, 5.74) is 0. The maximum absolute atomic E-state index is 9.20. The standard InChI is InChI=1S/H2N2O6/c3-1(4)7-8-2(5)6/h(H,3,4)(H,5,6)/q+2. The topological polar surface area (TPSA) is 99.1 Å². The van der Waals surface area contributed by atoms with E-state index in [-0.39, 0.29) is 0 Å². The van der Waals surface area contributed by atoms with Crippen LogP contribution in [-0.2, 0) is 9.98 Å². The maximum Gasteiger partial charge on any atom is 0.524 e. The second kappa shape index (κ2) is 2.55. The molecule has 8 nitrogen and oxygen atoms in total. The highest BCUT2D eigenvalue weighted by Gasteiger charge is 2.17. The van der Waals surface area contributed by atoms with E-state index in [2.05, 4.69) is 9.98 Å². The Morgan fingerprint density at radius 2 is 1.25 bits per heavy atom. The third-order valence-electron chi connectivity index (χ3n) is 0.161. The summed E-state index contributed by atoms with van der Waals surface area (Å²) in [6, 6.07) is 0. The van der Waals surface area contributed by atoms with Gasteiger partial charge in [-0.3, -0.25) is 0 Å². The number of hydrogen-bond donors (Lipinski definition) is 2. The smallest absolute Gasteiger partial charge is 0.197 e. The molecule has 0 heterocycles. The van der Waals surface area contributed by atoms with Gasteiger partial charge in [-0.1, -0.05) is 0 Å². The lowest BCUT2D eigenvalue weighted by Gasteiger charge is -1.67. The maximum atomic E-state index is 9.20. The molecular weight excluding hydrogens is 124 g/mol. The van der Waals surface area contributed by atoms with Gasteiger partial charge in [-0.05, 0) is 0 Å². The van der Waals surface area contributed by atoms with Crippen LogP contribution >= 0.6 is 0 Å². The molecule has 2 N–H and O–H groups in total. The Balaban J connectivity index is 3.18. The van der Waals surface area contributed by atoms with Crippen molar-refractivity contribution in [3.8, 4) is 0 Å². The van der Waals surface area contributed by atoms with Gasteiger partial charge in [0.25, 0.3) is 0 Å². The molecule has 8 heteroatoms. The first-order valence-electron chi connectivity index (χ1n) is 1.30. The first-order valence-corrected chi connectivity index (χ1v) is 1.30. The fraction of sp³-hybridized carbons (Fsp3) is 0. The van der Waals surface area contributed by atoms with Crippen molar-refractivity contribution >= 4 is 0 Å². The molecule has 0 aliphatic heterocycles. The van der Waals surface area contributed by atoms with Gasteiger partial charge in [0.15, 0.2) is 0 Å². The molecule has 0 aliphatic rings. The molecule has 0 radical (unpaired) electrons. The van der Waals surface area contributed by atoms with Gasteiger partial charge in [0.1, 0.15) is 19.8 Å². The van der Waals surface area contributed by atoms with Gasteiger partial charge in [-0.2, -0.15) is 10.4 Å². The summed E-state index contributed by atoms with van der Waals surface area (Å²) in [5.74, 6) is 0. The van der Waals surface area contributed by atoms with Crippen LogP contribution in [0.3, 0.4) is 0 Å². The first kappa shape index (κ1) is 6.40. The summed E-state index contributed by atoms with van der Waals surface area (Å²) in [5, 5.41) is 12.6. The second-order valence-electron chi connectivity index (χ2n) is 0.625. The van der Waals surface area contributed by atoms with Gasteiger partial charge in [-0.25, -0.2) is 0 Å². The number of hydrogen-bond acceptors (Lipinski definition) is 4. The van der Waals surface area contributed by atoms with E-state index in [1.807, 2.05) is 0 Å². The fourth-order valence-electron chi connectivity index (χ4n) is 0.0570. The van der Waals surface area contributed by atoms with Gasteiger partial charge in [0.2, 0.25) is 0 Å². The van der Waals surface area contributed by atoms with E-state index in [4.69, 9.17) is 10.4 Å². The van der Waals surface area contributed by atoms with E-state index in [1.165, 1.54) is 0 Å². The van der Waals surface area contributed by atoms with Crippen LogP contribution in [0, 0.1) is 9.81 Å². The average molecular weight is 126 g/mol. The Kier molecular flexibility index (Phi) is 2.04. The Hall–Kier alpha value is -1.60. The minimum Gasteiger partial charge on any atom is -0.197 e. The molecule has 0 saturated carbocycles. The fourth-order valence-corrected chi connectivity index (χ4v) is 0.0570. The normalized spacial score (nSPS) is 7.50. The van der Waals surface area contributed by atoms with Gasteiger partial charge >= 0.3 is 10.2 Å². The average Bonchev–Trinajstić information content (AvgIpc) is 1.61. The Labute approximate surface area is 41.7 Å². The molecule has 0 aromatic rings. The van der Waals surface area contributed by atoms with Crippen LogP contribution in [-0.4, -0.2) is 20.6 Å². The minimum absolute atomic E-state index is 1.15. The van der Waals surface area contributed by atoms with Crippen LogP contribution < -0.4 is 0 Å². The van der Waals surface area contributed by atoms with E-state index in [9.17, 15) is 9.81 Å². The van der Waals surface area contributed by atoms with E-state index < -0.39 is 10.2 Å². The van der Waals surface area contributed by atoms with Gasteiger partial charge < -0.3 is 0 Å². The van der Waals surface area contributed by atoms with Crippen molar-refractivity contribution in [2.45, 2.75) is 0 Å². The first-order chi connectivity index (χ1) is 3.63. The zero-order valence-corrected chi connectivity index (χ0v) is 3.42. The summed E-state index contributed by atoms with van der Waals surface area (Å²) < 4.78 is 0. The van der Waals surface area contributed by atoms with Crippen LogP contribution in [0.1, 0.15) is 0 Å². The third-order valence-corrected chi connectivity index (χ3v) is 0.161. The predicted molar refractivity (Wildman–Crippen MR) is 13.0 cm³/mol. The highest BCUT2D eigenvalue weighted by atomic mass is 17.4. The lowest BCUT2D eigenvalue weighted by Crippen LogP contribution is -2.10. The summed E-state index contributed by atoms with van der Waals surface area (Å²) in [7, 11) is 0. The molecule has 0 aliphatic carbocycles. The molecule has 0 spiro atoms. The molecule has 0 aromatic carbocycles. The summed E-state index contributed by atoms with van der Waals surface area (Å²) >= 11 is 0. The van der Waals surface area contributed by atoms with Crippen LogP contribution in [0.2, 0.25) is 0 Å². The highest BCUT2D eigenvalue weighted by Crippen LogP contribution is 1.72. The number of nitrogens with zero attached hydrogens (tertiary/aromatic N) is 2. The van der Waals surface area contributed by atoms with Crippen LogP contribution in [0.25, 0.3) is 0 Å². The molecule has 0 atom stereocenters. The van der Waals surface area contributed by atoms with Crippen molar-refractivity contribution in [2.75, 3.05) is 0 Å². The van der Waals surface area contributed by atoms with E-state index in [0.717, 1.165) is 0 Å². The molecular formula is H2N2O6+2. The van der Waals surface area contributed by atoms with Crippen molar-refractivity contribution in [3.63, 3.8) is 0 Å². The molecule has 8 heavy (non-hydrogen) atoms. The van der Waals surface area contributed by atoms with Crippen molar-refractivity contribution in [1.82, 2.24) is 0 Å². The van der Waals surface area contributed by atoms with Gasteiger partial charge in [-0.15, -0.1) is 0 Å². The van der Waals surface area contributed by atoms with E-state index in [0.29, 0.717) is 0 Å². The van der Waals surface area contributed by atoms with E-state index >= 15 is 0 Å². The Morgan fingerprint density at radius 1 is 1.00 bits per heavy atom. The van der Waals surface area contributed by atoms with Gasteiger partial charge in [0.05, 0.1) is 0 Å². The van der Waals surface area contributed by atoms with Crippen LogP contribution in [0.4, 0.5) is 0 Å². The van der Waals surface area contributed by atoms with Crippen LogP contribution in [0.5, 0.6) is 0 Å². The third kappa shape index (κ3) is 4.40. The molecule has 46 valence electrons. The SMILES string of the molecule is O=[N+](O)OO[N+](=O)O. The molecule has 0 aromatic heterocycles.